The van der Waals surface area contributed by atoms with Crippen LogP contribution in [0.4, 0.5) is 0 Å². The van der Waals surface area contributed by atoms with Crippen LogP contribution in [-0.4, -0.2) is 39.0 Å². The Hall–Kier alpha value is -0.650. The summed E-state index contributed by atoms with van der Waals surface area (Å²) in [6.07, 6.45) is 0.212. The molecule has 0 aromatic heterocycles. The third-order valence-corrected chi connectivity index (χ3v) is 1.75. The lowest BCUT2D eigenvalue weighted by Crippen LogP contribution is -2.43. The second-order valence-corrected chi connectivity index (χ2v) is 2.66. The number of methoxy groups -OCH3 is 2. The number of hydrogen-bond acceptors (Lipinski definition) is 4. The Bertz CT molecular complexity index is 148. The van der Waals surface area contributed by atoms with E-state index in [0.717, 1.165) is 0 Å². The van der Waals surface area contributed by atoms with Crippen molar-refractivity contribution in [3.05, 3.63) is 0 Å². The molecular weight excluding hydrogens is 172 g/mol. The second kappa shape index (κ2) is 6.82. The third-order valence-electron chi connectivity index (χ3n) is 1.75. The van der Waals surface area contributed by atoms with Crippen molar-refractivity contribution in [1.82, 2.24) is 5.32 Å². The summed E-state index contributed by atoms with van der Waals surface area (Å²) in [5.41, 5.74) is 5.49. The van der Waals surface area contributed by atoms with Gasteiger partial charge in [0.1, 0.15) is 0 Å². The van der Waals surface area contributed by atoms with Gasteiger partial charge in [0.2, 0.25) is 5.91 Å². The van der Waals surface area contributed by atoms with E-state index in [1.165, 1.54) is 14.2 Å². The predicted molar refractivity (Wildman–Crippen MR) is 49.1 cm³/mol. The lowest BCUT2D eigenvalue weighted by Gasteiger charge is -2.15. The van der Waals surface area contributed by atoms with E-state index in [2.05, 4.69) is 5.32 Å². The molecule has 0 aliphatic rings. The van der Waals surface area contributed by atoms with Crippen LogP contribution in [0.5, 0.6) is 0 Å². The van der Waals surface area contributed by atoms with E-state index in [1.807, 2.05) is 6.92 Å². The summed E-state index contributed by atoms with van der Waals surface area (Å²) in [6.45, 7) is 2.17. The van der Waals surface area contributed by atoms with E-state index >= 15 is 0 Å². The largest absolute Gasteiger partial charge is 0.354 e. The first-order valence-electron chi connectivity index (χ1n) is 4.24. The van der Waals surface area contributed by atoms with E-state index in [4.69, 9.17) is 15.2 Å². The molecule has 5 nitrogen and oxygen atoms in total. The van der Waals surface area contributed by atoms with Crippen molar-refractivity contribution >= 4 is 5.91 Å². The maximum atomic E-state index is 11.2. The smallest absolute Gasteiger partial charge is 0.237 e. The molecule has 5 heteroatoms. The normalized spacial score (nSPS) is 13.0. The summed E-state index contributed by atoms with van der Waals surface area (Å²) < 4.78 is 9.77. The van der Waals surface area contributed by atoms with Crippen LogP contribution in [0.2, 0.25) is 0 Å². The molecule has 0 aliphatic carbocycles. The molecule has 0 bridgehead atoms. The van der Waals surface area contributed by atoms with Gasteiger partial charge in [0, 0.05) is 14.2 Å². The fourth-order valence-electron chi connectivity index (χ4n) is 0.763. The van der Waals surface area contributed by atoms with Gasteiger partial charge in [-0.15, -0.1) is 0 Å². The Labute approximate surface area is 78.6 Å². The number of nitrogens with two attached hydrogens (primary N) is 1. The number of carbonyl (C=O) groups is 1. The number of hydrogen-bond donors (Lipinski definition) is 2. The van der Waals surface area contributed by atoms with Crippen LogP contribution in [0.1, 0.15) is 13.3 Å². The van der Waals surface area contributed by atoms with Crippen LogP contribution in [0, 0.1) is 0 Å². The highest BCUT2D eigenvalue weighted by atomic mass is 16.7. The molecule has 0 fully saturated rings. The van der Waals surface area contributed by atoms with Gasteiger partial charge < -0.3 is 20.5 Å². The van der Waals surface area contributed by atoms with Crippen LogP contribution in [-0.2, 0) is 14.3 Å². The topological polar surface area (TPSA) is 73.6 Å². The van der Waals surface area contributed by atoms with Gasteiger partial charge in [-0.05, 0) is 6.42 Å². The molecular formula is C8H18N2O3. The van der Waals surface area contributed by atoms with Gasteiger partial charge in [0.25, 0.3) is 0 Å². The fourth-order valence-corrected chi connectivity index (χ4v) is 0.763. The minimum Gasteiger partial charge on any atom is -0.354 e. The first-order valence-corrected chi connectivity index (χ1v) is 4.24. The fraction of sp³-hybridized carbons (Fsp3) is 0.875. The molecule has 0 saturated carbocycles. The number of ether oxygens (including phenoxy) is 2. The highest BCUT2D eigenvalue weighted by Gasteiger charge is 2.12. The summed E-state index contributed by atoms with van der Waals surface area (Å²) in [5, 5.41) is 2.62. The summed E-state index contributed by atoms with van der Waals surface area (Å²) >= 11 is 0. The van der Waals surface area contributed by atoms with E-state index in [9.17, 15) is 4.79 Å². The molecule has 0 unspecified atom stereocenters. The van der Waals surface area contributed by atoms with Gasteiger partial charge in [-0.1, -0.05) is 6.92 Å². The molecule has 13 heavy (non-hydrogen) atoms. The van der Waals surface area contributed by atoms with Gasteiger partial charge in [0.15, 0.2) is 6.29 Å². The molecule has 0 heterocycles. The van der Waals surface area contributed by atoms with E-state index < -0.39 is 12.3 Å². The predicted octanol–water partition coefficient (Wildman–Crippen LogP) is -0.541. The first kappa shape index (κ1) is 12.3. The van der Waals surface area contributed by atoms with Gasteiger partial charge in [0.05, 0.1) is 12.6 Å². The van der Waals surface area contributed by atoms with Gasteiger partial charge in [-0.3, -0.25) is 4.79 Å². The van der Waals surface area contributed by atoms with Crippen molar-refractivity contribution in [3.8, 4) is 0 Å². The van der Waals surface area contributed by atoms with Crippen LogP contribution >= 0.6 is 0 Å². The van der Waals surface area contributed by atoms with Crippen molar-refractivity contribution in [1.29, 1.82) is 0 Å². The van der Waals surface area contributed by atoms with E-state index in [1.54, 1.807) is 0 Å². The third kappa shape index (κ3) is 4.82. The Morgan fingerprint density at radius 1 is 1.46 bits per heavy atom. The Morgan fingerprint density at radius 2 is 2.00 bits per heavy atom. The maximum absolute atomic E-state index is 11.2. The molecule has 0 radical (unpaired) electrons. The maximum Gasteiger partial charge on any atom is 0.237 e. The Kier molecular flexibility index (Phi) is 6.48. The standard InChI is InChI=1S/C8H18N2O3/c1-4-6(9)8(11)10-5-7(12-2)13-3/h6-7H,4-5,9H2,1-3H3,(H,10,11)/t6-/m0/s1. The molecule has 0 aromatic rings. The monoisotopic (exact) mass is 190 g/mol. The molecule has 1 atom stereocenters. The molecule has 1 amide bonds. The second-order valence-electron chi connectivity index (χ2n) is 2.66. The van der Waals surface area contributed by atoms with Gasteiger partial charge in [-0.2, -0.15) is 0 Å². The van der Waals surface area contributed by atoms with Crippen molar-refractivity contribution in [3.63, 3.8) is 0 Å². The zero-order chi connectivity index (χ0) is 10.3. The van der Waals surface area contributed by atoms with Crippen LogP contribution in [0.15, 0.2) is 0 Å². The average Bonchev–Trinajstić information content (AvgIpc) is 2.17. The lowest BCUT2D eigenvalue weighted by atomic mass is 10.2. The lowest BCUT2D eigenvalue weighted by molar-refractivity contribution is -0.128. The van der Waals surface area contributed by atoms with E-state index in [0.29, 0.717) is 13.0 Å². The van der Waals surface area contributed by atoms with Crippen molar-refractivity contribution in [2.75, 3.05) is 20.8 Å². The molecule has 0 rings (SSSR count). The minimum absolute atomic E-state index is 0.179. The molecule has 0 aliphatic heterocycles. The molecule has 78 valence electrons. The van der Waals surface area contributed by atoms with E-state index in [-0.39, 0.29) is 5.91 Å². The zero-order valence-electron chi connectivity index (χ0n) is 8.37. The number of carbonyl (C=O) groups excluding carboxylic acids is 1. The number of rotatable bonds is 6. The highest BCUT2D eigenvalue weighted by Crippen LogP contribution is 1.90. The Morgan fingerprint density at radius 3 is 2.38 bits per heavy atom. The summed E-state index contributed by atoms with van der Waals surface area (Å²) in [5.74, 6) is -0.179. The molecule has 0 aromatic carbocycles. The van der Waals surface area contributed by atoms with Crippen LogP contribution < -0.4 is 11.1 Å². The summed E-state index contributed by atoms with van der Waals surface area (Å²) in [6, 6.07) is -0.450. The molecule has 3 N–H and O–H groups in total. The van der Waals surface area contributed by atoms with Crippen molar-refractivity contribution < 1.29 is 14.3 Å². The zero-order valence-corrected chi connectivity index (χ0v) is 8.37. The summed E-state index contributed by atoms with van der Waals surface area (Å²) in [7, 11) is 3.03. The van der Waals surface area contributed by atoms with Crippen LogP contribution in [0.25, 0.3) is 0 Å². The number of amides is 1. The highest BCUT2D eigenvalue weighted by molar-refractivity contribution is 5.81. The van der Waals surface area contributed by atoms with Gasteiger partial charge in [-0.25, -0.2) is 0 Å². The Balaban J connectivity index is 3.68. The van der Waals surface area contributed by atoms with Crippen molar-refractivity contribution in [2.45, 2.75) is 25.7 Å². The van der Waals surface area contributed by atoms with Crippen molar-refractivity contribution in [2.24, 2.45) is 5.73 Å². The first-order chi connectivity index (χ1) is 6.15. The number of nitrogens with one attached hydrogen (secondary N) is 1. The minimum atomic E-state index is -0.450. The molecule has 0 saturated heterocycles. The average molecular weight is 190 g/mol. The quantitative estimate of drug-likeness (QED) is 0.552. The summed E-state index contributed by atoms with van der Waals surface area (Å²) in [4.78, 5) is 11.2. The van der Waals surface area contributed by atoms with Crippen LogP contribution in [0.3, 0.4) is 0 Å². The van der Waals surface area contributed by atoms with Gasteiger partial charge >= 0.3 is 0 Å². The SMILES string of the molecule is CC[C@H](N)C(=O)NCC(OC)OC. The molecule has 0 spiro atoms.